The summed E-state index contributed by atoms with van der Waals surface area (Å²) in [6.07, 6.45) is 2.62. The summed E-state index contributed by atoms with van der Waals surface area (Å²) in [5.41, 5.74) is 0. The Bertz CT molecular complexity index is 419. The number of carbonyl (C=O) groups is 2. The molecule has 0 bridgehead atoms. The van der Waals surface area contributed by atoms with Crippen LogP contribution in [0.5, 0.6) is 0 Å². The first kappa shape index (κ1) is 16.9. The Morgan fingerprint density at radius 2 is 2.25 bits per heavy atom. The molecule has 7 heteroatoms. The molecular weight excluding hydrogens is 298 g/mol. The van der Waals surface area contributed by atoms with E-state index in [1.54, 1.807) is 6.07 Å². The topological polar surface area (TPSA) is 70.2 Å². The van der Waals surface area contributed by atoms with E-state index in [4.69, 9.17) is 0 Å². The molecule has 0 saturated carbocycles. The van der Waals surface area contributed by atoms with Crippen molar-refractivity contribution in [2.45, 2.75) is 25.3 Å². The standard InChI is InChI=1S/C13H19N3O2S.ClH/c17-12(16-9-10-3-1-6-14-10)5-7-15-13(18)11-4-2-8-19-11;/h2,4,8,10,14H,1,3,5-7,9H2,(H,15,18)(H,16,17);1H. The molecule has 1 unspecified atom stereocenters. The molecule has 1 aromatic heterocycles. The van der Waals surface area contributed by atoms with Crippen LogP contribution in [0, 0.1) is 0 Å². The van der Waals surface area contributed by atoms with Gasteiger partial charge in [0.05, 0.1) is 4.88 Å². The Morgan fingerprint density at radius 1 is 1.40 bits per heavy atom. The van der Waals surface area contributed by atoms with Gasteiger partial charge in [0, 0.05) is 25.6 Å². The SMILES string of the molecule is Cl.O=C(CCNC(=O)c1cccs1)NCC1CCCN1. The van der Waals surface area contributed by atoms with Gasteiger partial charge in [-0.3, -0.25) is 9.59 Å². The van der Waals surface area contributed by atoms with E-state index in [1.807, 2.05) is 11.4 Å². The van der Waals surface area contributed by atoms with E-state index in [9.17, 15) is 9.59 Å². The number of hydrogen-bond donors (Lipinski definition) is 3. The van der Waals surface area contributed by atoms with Crippen LogP contribution in [-0.4, -0.2) is 37.5 Å². The van der Waals surface area contributed by atoms with Crippen molar-refractivity contribution in [1.29, 1.82) is 0 Å². The lowest BCUT2D eigenvalue weighted by atomic mass is 10.2. The van der Waals surface area contributed by atoms with Crippen molar-refractivity contribution in [3.63, 3.8) is 0 Å². The lowest BCUT2D eigenvalue weighted by Gasteiger charge is -2.11. The molecule has 1 aliphatic heterocycles. The summed E-state index contributed by atoms with van der Waals surface area (Å²) in [5, 5.41) is 10.8. The summed E-state index contributed by atoms with van der Waals surface area (Å²) in [5.74, 6) is -0.125. The van der Waals surface area contributed by atoms with Gasteiger partial charge in [0.1, 0.15) is 0 Å². The van der Waals surface area contributed by atoms with E-state index in [0.29, 0.717) is 30.4 Å². The van der Waals surface area contributed by atoms with Gasteiger partial charge in [-0.05, 0) is 30.8 Å². The number of carbonyl (C=O) groups excluding carboxylic acids is 2. The second-order valence-electron chi connectivity index (χ2n) is 4.58. The quantitative estimate of drug-likeness (QED) is 0.737. The Labute approximate surface area is 128 Å². The minimum atomic E-state index is -0.111. The van der Waals surface area contributed by atoms with E-state index < -0.39 is 0 Å². The molecule has 0 aliphatic carbocycles. The van der Waals surface area contributed by atoms with Crippen molar-refractivity contribution < 1.29 is 9.59 Å². The maximum absolute atomic E-state index is 11.6. The molecule has 0 radical (unpaired) electrons. The van der Waals surface area contributed by atoms with E-state index in [0.717, 1.165) is 13.0 Å². The van der Waals surface area contributed by atoms with Crippen LogP contribution in [0.2, 0.25) is 0 Å². The van der Waals surface area contributed by atoms with Crippen molar-refractivity contribution in [1.82, 2.24) is 16.0 Å². The first-order valence-corrected chi connectivity index (χ1v) is 7.45. The minimum Gasteiger partial charge on any atom is -0.354 e. The highest BCUT2D eigenvalue weighted by atomic mass is 35.5. The number of hydrogen-bond acceptors (Lipinski definition) is 4. The van der Waals surface area contributed by atoms with E-state index in [1.165, 1.54) is 17.8 Å². The average molecular weight is 318 g/mol. The van der Waals surface area contributed by atoms with Gasteiger partial charge < -0.3 is 16.0 Å². The van der Waals surface area contributed by atoms with E-state index >= 15 is 0 Å². The summed E-state index contributed by atoms with van der Waals surface area (Å²) >= 11 is 1.40. The summed E-state index contributed by atoms with van der Waals surface area (Å²) in [4.78, 5) is 23.9. The number of thiophene rings is 1. The first-order valence-electron chi connectivity index (χ1n) is 6.57. The Hall–Kier alpha value is -1.11. The van der Waals surface area contributed by atoms with Crippen LogP contribution < -0.4 is 16.0 Å². The van der Waals surface area contributed by atoms with Gasteiger partial charge in [-0.15, -0.1) is 23.7 Å². The summed E-state index contributed by atoms with van der Waals surface area (Å²) in [6, 6.07) is 4.01. The molecule has 1 aromatic rings. The predicted octanol–water partition coefficient (Wildman–Crippen LogP) is 1.16. The van der Waals surface area contributed by atoms with Gasteiger partial charge in [-0.2, -0.15) is 0 Å². The highest BCUT2D eigenvalue weighted by Crippen LogP contribution is 2.07. The van der Waals surface area contributed by atoms with Gasteiger partial charge >= 0.3 is 0 Å². The molecule has 2 rings (SSSR count). The summed E-state index contributed by atoms with van der Waals surface area (Å²) < 4.78 is 0. The van der Waals surface area contributed by atoms with Crippen molar-refractivity contribution in [2.75, 3.05) is 19.6 Å². The summed E-state index contributed by atoms with van der Waals surface area (Å²) in [6.45, 7) is 2.09. The minimum absolute atomic E-state index is 0. The van der Waals surface area contributed by atoms with Gasteiger partial charge in [0.25, 0.3) is 5.91 Å². The monoisotopic (exact) mass is 317 g/mol. The molecule has 1 aliphatic rings. The molecule has 1 saturated heterocycles. The fourth-order valence-corrected chi connectivity index (χ4v) is 2.68. The van der Waals surface area contributed by atoms with Crippen LogP contribution in [0.15, 0.2) is 17.5 Å². The van der Waals surface area contributed by atoms with Crippen molar-refractivity contribution in [3.05, 3.63) is 22.4 Å². The zero-order valence-corrected chi connectivity index (χ0v) is 12.8. The fraction of sp³-hybridized carbons (Fsp3) is 0.538. The number of rotatable bonds is 6. The van der Waals surface area contributed by atoms with Crippen molar-refractivity contribution in [2.24, 2.45) is 0 Å². The maximum Gasteiger partial charge on any atom is 0.261 e. The molecule has 5 nitrogen and oxygen atoms in total. The Balaban J connectivity index is 0.00000200. The fourth-order valence-electron chi connectivity index (χ4n) is 2.04. The van der Waals surface area contributed by atoms with Crippen LogP contribution in [0.3, 0.4) is 0 Å². The number of halogens is 1. The van der Waals surface area contributed by atoms with Crippen molar-refractivity contribution in [3.8, 4) is 0 Å². The highest BCUT2D eigenvalue weighted by molar-refractivity contribution is 7.12. The number of amides is 2. The molecule has 0 aromatic carbocycles. The molecule has 1 atom stereocenters. The molecule has 112 valence electrons. The summed E-state index contributed by atoms with van der Waals surface area (Å²) in [7, 11) is 0. The third-order valence-electron chi connectivity index (χ3n) is 3.09. The number of nitrogens with one attached hydrogen (secondary N) is 3. The zero-order chi connectivity index (χ0) is 13.5. The van der Waals surface area contributed by atoms with Crippen LogP contribution in [0.25, 0.3) is 0 Å². The second-order valence-corrected chi connectivity index (χ2v) is 5.53. The van der Waals surface area contributed by atoms with Crippen LogP contribution in [-0.2, 0) is 4.79 Å². The maximum atomic E-state index is 11.6. The van der Waals surface area contributed by atoms with Crippen molar-refractivity contribution >= 4 is 35.6 Å². The lowest BCUT2D eigenvalue weighted by Crippen LogP contribution is -2.38. The van der Waals surface area contributed by atoms with Gasteiger partial charge in [0.2, 0.25) is 5.91 Å². The molecule has 20 heavy (non-hydrogen) atoms. The molecule has 3 N–H and O–H groups in total. The largest absolute Gasteiger partial charge is 0.354 e. The molecule has 2 amide bonds. The van der Waals surface area contributed by atoms with Crippen LogP contribution in [0.4, 0.5) is 0 Å². The van der Waals surface area contributed by atoms with Crippen LogP contribution in [0.1, 0.15) is 28.9 Å². The van der Waals surface area contributed by atoms with Gasteiger partial charge in [-0.25, -0.2) is 0 Å². The normalized spacial score (nSPS) is 17.3. The smallest absolute Gasteiger partial charge is 0.261 e. The molecule has 1 fully saturated rings. The third-order valence-corrected chi connectivity index (χ3v) is 3.96. The molecule has 2 heterocycles. The first-order chi connectivity index (χ1) is 9.25. The highest BCUT2D eigenvalue weighted by Gasteiger charge is 2.14. The predicted molar refractivity (Wildman–Crippen MR) is 82.6 cm³/mol. The van der Waals surface area contributed by atoms with E-state index in [-0.39, 0.29) is 24.2 Å². The molecular formula is C13H20ClN3O2S. The average Bonchev–Trinajstić information content (AvgIpc) is 3.09. The second kappa shape index (κ2) is 8.94. The third kappa shape index (κ3) is 5.48. The molecule has 0 spiro atoms. The Morgan fingerprint density at radius 3 is 2.90 bits per heavy atom. The van der Waals surface area contributed by atoms with Gasteiger partial charge in [0.15, 0.2) is 0 Å². The lowest BCUT2D eigenvalue weighted by molar-refractivity contribution is -0.121. The van der Waals surface area contributed by atoms with Gasteiger partial charge in [-0.1, -0.05) is 6.07 Å². The van der Waals surface area contributed by atoms with Crippen LogP contribution >= 0.6 is 23.7 Å². The van der Waals surface area contributed by atoms with E-state index in [2.05, 4.69) is 16.0 Å². The Kier molecular flexibility index (Phi) is 7.58. The zero-order valence-electron chi connectivity index (χ0n) is 11.2.